The second-order valence-corrected chi connectivity index (χ2v) is 6.42. The number of nitrogens with zero attached hydrogens (tertiary/aromatic N) is 2. The van der Waals surface area contributed by atoms with Crippen LogP contribution < -0.4 is 10.7 Å². The molecule has 116 valence electrons. The molecule has 0 aliphatic heterocycles. The Morgan fingerprint density at radius 1 is 1.48 bits per heavy atom. The van der Waals surface area contributed by atoms with Crippen LogP contribution in [0.3, 0.4) is 0 Å². The number of carbonyl (C=O) groups excluding carboxylic acids is 1. The number of carboxylic acids is 1. The van der Waals surface area contributed by atoms with E-state index < -0.39 is 11.2 Å². The first-order chi connectivity index (χ1) is 11.0. The van der Waals surface area contributed by atoms with E-state index in [1.807, 2.05) is 18.2 Å². The number of carbonyl (C=O) groups is 1. The van der Waals surface area contributed by atoms with E-state index in [0.717, 1.165) is 17.3 Å². The summed E-state index contributed by atoms with van der Waals surface area (Å²) in [6.45, 7) is 1.51. The van der Waals surface area contributed by atoms with E-state index in [0.29, 0.717) is 22.3 Å². The van der Waals surface area contributed by atoms with Crippen molar-refractivity contribution in [2.45, 2.75) is 17.9 Å². The number of hydrogen-bond donors (Lipinski definition) is 1. The van der Waals surface area contributed by atoms with E-state index in [4.69, 9.17) is 0 Å². The fourth-order valence-electron chi connectivity index (χ4n) is 2.44. The third kappa shape index (κ3) is 2.58. The zero-order valence-electron chi connectivity index (χ0n) is 12.2. The van der Waals surface area contributed by atoms with Crippen LogP contribution in [0.5, 0.6) is 0 Å². The maximum atomic E-state index is 12.4. The number of hydrogen-bond acceptors (Lipinski definition) is 5. The summed E-state index contributed by atoms with van der Waals surface area (Å²) in [7, 11) is 0. The molecular weight excluding hydrogens is 314 g/mol. The Kier molecular flexibility index (Phi) is 3.84. The van der Waals surface area contributed by atoms with Gasteiger partial charge in [0.2, 0.25) is 0 Å². The van der Waals surface area contributed by atoms with Crippen molar-refractivity contribution in [3.05, 3.63) is 51.8 Å². The molecule has 1 atom stereocenters. The normalized spacial score (nSPS) is 12.3. The number of nitrogens with one attached hydrogen (secondary N) is 1. The molecule has 2 aromatic heterocycles. The Labute approximate surface area is 135 Å². The Morgan fingerprint density at radius 2 is 2.22 bits per heavy atom. The molecule has 0 saturated heterocycles. The summed E-state index contributed by atoms with van der Waals surface area (Å²) in [5.41, 5.74) is 2.49. The van der Waals surface area contributed by atoms with Gasteiger partial charge in [-0.3, -0.25) is 9.20 Å². The van der Waals surface area contributed by atoms with Crippen molar-refractivity contribution in [3.8, 4) is 6.07 Å². The van der Waals surface area contributed by atoms with Crippen molar-refractivity contribution >= 4 is 34.4 Å². The maximum Gasteiger partial charge on any atom is 0.257 e. The van der Waals surface area contributed by atoms with Gasteiger partial charge in [-0.25, -0.2) is 0 Å². The lowest BCUT2D eigenvalue weighted by atomic mass is 10.1. The summed E-state index contributed by atoms with van der Waals surface area (Å²) in [6, 6.07) is 10.8. The van der Waals surface area contributed by atoms with E-state index in [2.05, 4.69) is 11.1 Å². The highest BCUT2D eigenvalue weighted by Gasteiger charge is 2.15. The van der Waals surface area contributed by atoms with Gasteiger partial charge in [-0.1, -0.05) is 12.1 Å². The van der Waals surface area contributed by atoms with Gasteiger partial charge in [-0.15, -0.1) is 11.8 Å². The van der Waals surface area contributed by atoms with Crippen LogP contribution in [0.4, 0.5) is 0 Å². The number of pyridine rings is 1. The lowest BCUT2D eigenvalue weighted by Gasteiger charge is -2.12. The topological polar surface area (TPSA) is 101 Å². The number of benzene rings is 1. The lowest BCUT2D eigenvalue weighted by molar-refractivity contribution is -0.304. The van der Waals surface area contributed by atoms with E-state index in [9.17, 15) is 20.0 Å². The summed E-state index contributed by atoms with van der Waals surface area (Å²) < 4.78 is 1.46. The van der Waals surface area contributed by atoms with E-state index in [1.54, 1.807) is 6.07 Å². The second-order valence-electron chi connectivity index (χ2n) is 5.09. The molecule has 0 aliphatic rings. The third-order valence-corrected chi connectivity index (χ3v) is 4.80. The largest absolute Gasteiger partial charge is 0.549 e. The molecule has 0 fully saturated rings. The smallest absolute Gasteiger partial charge is 0.257 e. The highest BCUT2D eigenvalue weighted by Crippen LogP contribution is 2.23. The number of aliphatic carboxylic acids is 1. The Morgan fingerprint density at radius 3 is 2.91 bits per heavy atom. The average molecular weight is 326 g/mol. The number of aromatic amines is 1. The van der Waals surface area contributed by atoms with Crippen molar-refractivity contribution in [1.82, 2.24) is 9.38 Å². The fraction of sp³-hybridized carbons (Fsp3) is 0.188. The first-order valence-electron chi connectivity index (χ1n) is 6.91. The standard InChI is InChI=1S/C16H13N3O3S/c1-9(16(21)22)23-8-10-6-14(20)19-13-5-3-2-4-12(13)18-15(19)11(10)7-17/h2-6,9,18H,8H2,1H3,(H,21,22)/p-1/t9-/m0/s1. The van der Waals surface area contributed by atoms with Gasteiger partial charge in [0.1, 0.15) is 11.7 Å². The van der Waals surface area contributed by atoms with Gasteiger partial charge in [-0.2, -0.15) is 5.26 Å². The highest BCUT2D eigenvalue weighted by molar-refractivity contribution is 7.99. The van der Waals surface area contributed by atoms with Gasteiger partial charge in [-0.05, 0) is 24.6 Å². The van der Waals surface area contributed by atoms with Crippen LogP contribution in [0.25, 0.3) is 16.7 Å². The average Bonchev–Trinajstić information content (AvgIpc) is 2.92. The van der Waals surface area contributed by atoms with Crippen LogP contribution in [0.1, 0.15) is 18.1 Å². The summed E-state index contributed by atoms with van der Waals surface area (Å²) in [5, 5.41) is 19.6. The lowest BCUT2D eigenvalue weighted by Crippen LogP contribution is -2.31. The summed E-state index contributed by atoms with van der Waals surface area (Å²) >= 11 is 1.12. The summed E-state index contributed by atoms with van der Waals surface area (Å²) in [5.74, 6) is -0.920. The van der Waals surface area contributed by atoms with E-state index >= 15 is 0 Å². The number of rotatable bonds is 4. The summed E-state index contributed by atoms with van der Waals surface area (Å²) in [6.07, 6.45) is 0. The molecule has 0 saturated carbocycles. The van der Waals surface area contributed by atoms with Gasteiger partial charge in [0.25, 0.3) is 5.56 Å². The monoisotopic (exact) mass is 326 g/mol. The number of fused-ring (bicyclic) bond motifs is 3. The number of imidazole rings is 1. The maximum absolute atomic E-state index is 12.4. The molecule has 1 aromatic carbocycles. The summed E-state index contributed by atoms with van der Waals surface area (Å²) in [4.78, 5) is 26.3. The minimum atomic E-state index is -1.17. The molecule has 0 spiro atoms. The molecule has 3 rings (SSSR count). The van der Waals surface area contributed by atoms with E-state index in [1.165, 1.54) is 17.4 Å². The molecule has 0 amide bonds. The predicted molar refractivity (Wildman–Crippen MR) is 86.0 cm³/mol. The number of nitriles is 1. The van der Waals surface area contributed by atoms with Crippen molar-refractivity contribution in [2.24, 2.45) is 0 Å². The van der Waals surface area contributed by atoms with Crippen LogP contribution in [0.15, 0.2) is 35.1 Å². The third-order valence-electron chi connectivity index (χ3n) is 3.63. The van der Waals surface area contributed by atoms with Crippen LogP contribution >= 0.6 is 11.8 Å². The molecule has 3 aromatic rings. The number of carboxylic acid groups (broad SMARTS) is 1. The Balaban J connectivity index is 2.17. The molecule has 0 bridgehead atoms. The first kappa shape index (κ1) is 15.2. The van der Waals surface area contributed by atoms with Crippen LogP contribution in [-0.4, -0.2) is 20.6 Å². The van der Waals surface area contributed by atoms with Crippen LogP contribution in [0.2, 0.25) is 0 Å². The van der Waals surface area contributed by atoms with Gasteiger partial charge in [0.05, 0.1) is 22.6 Å². The van der Waals surface area contributed by atoms with Crippen LogP contribution in [-0.2, 0) is 10.5 Å². The molecule has 23 heavy (non-hydrogen) atoms. The fourth-order valence-corrected chi connectivity index (χ4v) is 3.23. The van der Waals surface area contributed by atoms with E-state index in [-0.39, 0.29) is 11.3 Å². The molecular formula is C16H12N3O3S-. The molecule has 2 heterocycles. The van der Waals surface area contributed by atoms with Gasteiger partial charge in [0.15, 0.2) is 0 Å². The molecule has 6 nitrogen and oxygen atoms in total. The highest BCUT2D eigenvalue weighted by atomic mass is 32.2. The van der Waals surface area contributed by atoms with Crippen molar-refractivity contribution in [1.29, 1.82) is 5.26 Å². The van der Waals surface area contributed by atoms with Crippen molar-refractivity contribution in [3.63, 3.8) is 0 Å². The van der Waals surface area contributed by atoms with Gasteiger partial charge >= 0.3 is 0 Å². The minimum Gasteiger partial charge on any atom is -0.549 e. The van der Waals surface area contributed by atoms with Gasteiger partial charge < -0.3 is 14.9 Å². The molecule has 0 radical (unpaired) electrons. The SMILES string of the molecule is C[C@H](SCc1cc(=O)n2c([nH]c3ccccc32)c1C#N)C(=O)[O-]. The zero-order valence-corrected chi connectivity index (χ0v) is 13.0. The number of para-hydroxylation sites is 2. The Bertz CT molecular complexity index is 1010. The number of H-pyrrole nitrogens is 1. The number of aromatic nitrogens is 2. The second kappa shape index (κ2) is 5.82. The molecule has 0 aliphatic carbocycles. The predicted octanol–water partition coefficient (Wildman–Crippen LogP) is 1.02. The Hall–Kier alpha value is -2.72. The van der Waals surface area contributed by atoms with Gasteiger partial charge in [0, 0.05) is 17.1 Å². The molecule has 0 unspecified atom stereocenters. The van der Waals surface area contributed by atoms with Crippen LogP contribution in [0, 0.1) is 11.3 Å². The molecule has 7 heteroatoms. The minimum absolute atomic E-state index is 0.249. The number of thioether (sulfide) groups is 1. The first-order valence-corrected chi connectivity index (χ1v) is 7.95. The molecule has 1 N–H and O–H groups in total. The quantitative estimate of drug-likeness (QED) is 0.771. The van der Waals surface area contributed by atoms with Crippen molar-refractivity contribution in [2.75, 3.05) is 0 Å². The van der Waals surface area contributed by atoms with Crippen molar-refractivity contribution < 1.29 is 9.90 Å². The zero-order chi connectivity index (χ0) is 16.6.